The number of fused-ring (bicyclic) bond motifs is 1. The van der Waals surface area contributed by atoms with Gasteiger partial charge in [0.25, 0.3) is 5.56 Å². The Bertz CT molecular complexity index is 1570. The summed E-state index contributed by atoms with van der Waals surface area (Å²) in [4.78, 5) is 34.0. The summed E-state index contributed by atoms with van der Waals surface area (Å²) in [6.07, 6.45) is 1.84. The van der Waals surface area contributed by atoms with Gasteiger partial charge in [-0.25, -0.2) is 9.79 Å². The smallest absolute Gasteiger partial charge is 0.338 e. The minimum Gasteiger partial charge on any atom is -0.493 e. The molecule has 0 fully saturated rings. The zero-order chi connectivity index (χ0) is 26.9. The van der Waals surface area contributed by atoms with E-state index >= 15 is 0 Å². The Morgan fingerprint density at radius 1 is 1.16 bits per heavy atom. The molecule has 0 radical (unpaired) electrons. The van der Waals surface area contributed by atoms with E-state index in [1.807, 2.05) is 49.3 Å². The molecule has 0 spiro atoms. The number of carbonyl (C=O) groups excluding carboxylic acids is 1. The first-order valence-corrected chi connectivity index (χ1v) is 13.2. The summed E-state index contributed by atoms with van der Waals surface area (Å²) in [6.45, 7) is 3.71. The average Bonchev–Trinajstić information content (AvgIpc) is 3.16. The summed E-state index contributed by atoms with van der Waals surface area (Å²) >= 11 is 4.89. The van der Waals surface area contributed by atoms with Crippen LogP contribution in [0.15, 0.2) is 61.9 Å². The Hall–Kier alpha value is -3.37. The van der Waals surface area contributed by atoms with Crippen LogP contribution in [0.2, 0.25) is 0 Å². The van der Waals surface area contributed by atoms with E-state index in [1.165, 1.54) is 11.3 Å². The molecule has 1 aliphatic heterocycles. The fourth-order valence-corrected chi connectivity index (χ4v) is 6.05. The second-order valence-electron chi connectivity index (χ2n) is 8.52. The van der Waals surface area contributed by atoms with Crippen LogP contribution in [0.1, 0.15) is 31.0 Å². The fraction of sp³-hybridized carbons (Fsp3) is 0.296. The largest absolute Gasteiger partial charge is 0.493 e. The predicted octanol–water partition coefficient (Wildman–Crippen LogP) is 3.64. The van der Waals surface area contributed by atoms with Crippen LogP contribution in [0, 0.1) is 0 Å². The third kappa shape index (κ3) is 5.08. The molecule has 0 saturated carbocycles. The van der Waals surface area contributed by atoms with Crippen molar-refractivity contribution in [3.05, 3.63) is 83.0 Å². The van der Waals surface area contributed by atoms with Crippen molar-refractivity contribution in [2.75, 3.05) is 39.8 Å². The zero-order valence-electron chi connectivity index (χ0n) is 21.5. The molecular formula is C27H28BrN3O5S. The number of aromatic nitrogens is 1. The highest BCUT2D eigenvalue weighted by molar-refractivity contribution is 9.10. The first kappa shape index (κ1) is 26.7. The standard InChI is InChI=1S/C27H28BrN3O5S/c1-7-36-26(33)23-15(2)29-27-31(24(23)17-9-11-20(34-5)21(14-17)35-6)25(32)22(37-27)13-16-8-10-19(30(3)4)18(28)12-16/h8-14,24H,7H2,1-6H3/b22-13-. The molecule has 1 aliphatic rings. The van der Waals surface area contributed by atoms with Crippen molar-refractivity contribution >= 4 is 45.0 Å². The number of carbonyl (C=O) groups is 1. The van der Waals surface area contributed by atoms with E-state index in [-0.39, 0.29) is 12.2 Å². The molecule has 0 aliphatic carbocycles. The number of hydrogen-bond donors (Lipinski definition) is 0. The number of ether oxygens (including phenoxy) is 3. The molecule has 1 aromatic heterocycles. The van der Waals surface area contributed by atoms with E-state index in [0.29, 0.717) is 37.7 Å². The van der Waals surface area contributed by atoms with Gasteiger partial charge in [-0.3, -0.25) is 9.36 Å². The van der Waals surface area contributed by atoms with Gasteiger partial charge >= 0.3 is 5.97 Å². The number of nitrogens with zero attached hydrogens (tertiary/aromatic N) is 3. The number of esters is 1. The molecule has 0 bridgehead atoms. The lowest BCUT2D eigenvalue weighted by Crippen LogP contribution is -2.40. The molecular weight excluding hydrogens is 558 g/mol. The first-order valence-electron chi connectivity index (χ1n) is 11.6. The highest BCUT2D eigenvalue weighted by Gasteiger charge is 2.33. The quantitative estimate of drug-likeness (QED) is 0.394. The molecule has 0 amide bonds. The predicted molar refractivity (Wildman–Crippen MR) is 148 cm³/mol. The second kappa shape index (κ2) is 10.9. The molecule has 2 heterocycles. The second-order valence-corrected chi connectivity index (χ2v) is 10.4. The normalized spacial score (nSPS) is 15.2. The molecule has 8 nitrogen and oxygen atoms in total. The maximum absolute atomic E-state index is 13.8. The lowest BCUT2D eigenvalue weighted by Gasteiger charge is -2.25. The van der Waals surface area contributed by atoms with Gasteiger partial charge in [0.1, 0.15) is 0 Å². The zero-order valence-corrected chi connectivity index (χ0v) is 23.9. The molecule has 10 heteroatoms. The van der Waals surface area contributed by atoms with Crippen molar-refractivity contribution in [2.24, 2.45) is 4.99 Å². The summed E-state index contributed by atoms with van der Waals surface area (Å²) in [5.41, 5.74) is 3.15. The highest BCUT2D eigenvalue weighted by atomic mass is 79.9. The van der Waals surface area contributed by atoms with E-state index in [9.17, 15) is 9.59 Å². The van der Waals surface area contributed by atoms with E-state index in [4.69, 9.17) is 14.2 Å². The van der Waals surface area contributed by atoms with Crippen LogP contribution < -0.4 is 29.3 Å². The monoisotopic (exact) mass is 585 g/mol. The van der Waals surface area contributed by atoms with Crippen LogP contribution in [0.4, 0.5) is 5.69 Å². The van der Waals surface area contributed by atoms with Gasteiger partial charge in [0, 0.05) is 18.6 Å². The minimum absolute atomic E-state index is 0.205. The van der Waals surface area contributed by atoms with Crippen LogP contribution in [0.5, 0.6) is 11.5 Å². The average molecular weight is 587 g/mol. The fourth-order valence-electron chi connectivity index (χ4n) is 4.26. The molecule has 1 atom stereocenters. The molecule has 194 valence electrons. The van der Waals surface area contributed by atoms with Gasteiger partial charge in [0.2, 0.25) is 0 Å². The van der Waals surface area contributed by atoms with Gasteiger partial charge in [0.15, 0.2) is 16.3 Å². The number of benzene rings is 2. The summed E-state index contributed by atoms with van der Waals surface area (Å²) in [7, 11) is 7.03. The van der Waals surface area contributed by atoms with Gasteiger partial charge < -0.3 is 19.1 Å². The highest BCUT2D eigenvalue weighted by Crippen LogP contribution is 2.36. The third-order valence-corrected chi connectivity index (χ3v) is 7.61. The van der Waals surface area contributed by atoms with Crippen LogP contribution >= 0.6 is 27.3 Å². The van der Waals surface area contributed by atoms with Gasteiger partial charge in [-0.15, -0.1) is 0 Å². The van der Waals surface area contributed by atoms with Gasteiger partial charge in [-0.05, 0) is 71.2 Å². The maximum Gasteiger partial charge on any atom is 0.338 e. The molecule has 0 saturated heterocycles. The van der Waals surface area contributed by atoms with E-state index in [2.05, 4.69) is 20.9 Å². The Morgan fingerprint density at radius 3 is 2.51 bits per heavy atom. The van der Waals surface area contributed by atoms with Crippen LogP contribution in [-0.2, 0) is 9.53 Å². The van der Waals surface area contributed by atoms with Crippen LogP contribution in [-0.4, -0.2) is 45.5 Å². The van der Waals surface area contributed by atoms with E-state index in [1.54, 1.807) is 44.8 Å². The summed E-state index contributed by atoms with van der Waals surface area (Å²) in [5, 5.41) is 0. The van der Waals surface area contributed by atoms with Crippen molar-refractivity contribution in [1.29, 1.82) is 0 Å². The SMILES string of the molecule is CCOC(=O)C1=C(C)N=c2s/c(=C\c3ccc(N(C)C)c(Br)c3)c(=O)n2C1c1ccc(OC)c(OC)c1. The number of hydrogen-bond acceptors (Lipinski definition) is 8. The van der Waals surface area contributed by atoms with Crippen molar-refractivity contribution < 1.29 is 19.0 Å². The van der Waals surface area contributed by atoms with Gasteiger partial charge in [-0.1, -0.05) is 23.5 Å². The topological polar surface area (TPSA) is 82.4 Å². The number of halogens is 1. The molecule has 2 aromatic carbocycles. The summed E-state index contributed by atoms with van der Waals surface area (Å²) < 4.78 is 19.2. The van der Waals surface area contributed by atoms with Gasteiger partial charge in [0.05, 0.1) is 48.4 Å². The maximum atomic E-state index is 13.8. The molecule has 4 rings (SSSR count). The molecule has 37 heavy (non-hydrogen) atoms. The van der Waals surface area contributed by atoms with Crippen molar-refractivity contribution in [3.8, 4) is 11.5 Å². The Kier molecular flexibility index (Phi) is 7.89. The number of allylic oxidation sites excluding steroid dienone is 1. The van der Waals surface area contributed by atoms with Crippen molar-refractivity contribution in [3.63, 3.8) is 0 Å². The molecule has 1 unspecified atom stereocenters. The van der Waals surface area contributed by atoms with E-state index in [0.717, 1.165) is 15.7 Å². The minimum atomic E-state index is -0.736. The lowest BCUT2D eigenvalue weighted by atomic mass is 9.95. The first-order chi connectivity index (χ1) is 17.7. The number of methoxy groups -OCH3 is 2. The van der Waals surface area contributed by atoms with E-state index < -0.39 is 12.0 Å². The van der Waals surface area contributed by atoms with Crippen LogP contribution in [0.3, 0.4) is 0 Å². The number of rotatable bonds is 7. The van der Waals surface area contributed by atoms with Crippen molar-refractivity contribution in [1.82, 2.24) is 4.57 Å². The lowest BCUT2D eigenvalue weighted by molar-refractivity contribution is -0.139. The molecule has 0 N–H and O–H groups in total. The molecule has 3 aromatic rings. The third-order valence-electron chi connectivity index (χ3n) is 5.99. The number of thiazole rings is 1. The Morgan fingerprint density at radius 2 is 1.89 bits per heavy atom. The number of anilines is 1. The van der Waals surface area contributed by atoms with Crippen LogP contribution in [0.25, 0.3) is 6.08 Å². The summed E-state index contributed by atoms with van der Waals surface area (Å²) in [6, 6.07) is 10.5. The Labute approximate surface area is 227 Å². The van der Waals surface area contributed by atoms with Gasteiger partial charge in [-0.2, -0.15) is 0 Å². The summed E-state index contributed by atoms with van der Waals surface area (Å²) in [5.74, 6) is 0.524. The Balaban J connectivity index is 1.94. The van der Waals surface area contributed by atoms with Crippen molar-refractivity contribution in [2.45, 2.75) is 19.9 Å².